The number of aryl methyl sites for hydroxylation is 1. The Hall–Kier alpha value is -1.99. The molecule has 136 valence electrons. The van der Waals surface area contributed by atoms with E-state index < -0.39 is 43.3 Å². The molecule has 1 N–H and O–H groups in total. The van der Waals surface area contributed by atoms with Crippen LogP contribution in [0.1, 0.15) is 11.6 Å². The third-order valence-corrected chi connectivity index (χ3v) is 4.90. The summed E-state index contributed by atoms with van der Waals surface area (Å²) < 4.78 is 67.1. The number of halogens is 4. The minimum atomic E-state index is -4.94. The van der Waals surface area contributed by atoms with E-state index in [1.165, 1.54) is 11.8 Å². The maximum atomic E-state index is 13.3. The molecule has 2 rings (SSSR count). The zero-order valence-corrected chi connectivity index (χ0v) is 14.8. The first kappa shape index (κ1) is 19.3. The van der Waals surface area contributed by atoms with Gasteiger partial charge < -0.3 is 0 Å². The average Bonchev–Trinajstić information content (AvgIpc) is 2.89. The molecule has 0 fully saturated rings. The summed E-state index contributed by atoms with van der Waals surface area (Å²) in [6, 6.07) is 0.112. The van der Waals surface area contributed by atoms with E-state index in [-0.39, 0.29) is 4.47 Å². The molecule has 0 amide bonds. The van der Waals surface area contributed by atoms with E-state index in [2.05, 4.69) is 21.0 Å². The van der Waals surface area contributed by atoms with Gasteiger partial charge in [0, 0.05) is 35.4 Å². The standard InChI is InChI=1S/C12H10BrF3N4O4S/c1-19-6-7(5-17-19)11(12(14,15)16)18-25(23,24)10-3-8(13)2-9(4-10)20(21)22/h2-6,11,18H,1H3. The zero-order valence-electron chi connectivity index (χ0n) is 12.4. The van der Waals surface area contributed by atoms with Crippen molar-refractivity contribution in [2.45, 2.75) is 17.1 Å². The van der Waals surface area contributed by atoms with Crippen molar-refractivity contribution >= 4 is 31.6 Å². The average molecular weight is 443 g/mol. The molecule has 0 bridgehead atoms. The van der Waals surface area contributed by atoms with Crippen molar-refractivity contribution < 1.29 is 26.5 Å². The van der Waals surface area contributed by atoms with Gasteiger partial charge in [-0.05, 0) is 6.07 Å². The van der Waals surface area contributed by atoms with Crippen molar-refractivity contribution in [2.24, 2.45) is 7.05 Å². The molecule has 1 unspecified atom stereocenters. The molecule has 0 aliphatic heterocycles. The molecule has 25 heavy (non-hydrogen) atoms. The largest absolute Gasteiger partial charge is 0.408 e. The van der Waals surface area contributed by atoms with Crippen LogP contribution >= 0.6 is 15.9 Å². The maximum Gasteiger partial charge on any atom is 0.408 e. The number of hydrogen-bond acceptors (Lipinski definition) is 5. The molecule has 1 heterocycles. The molecule has 8 nitrogen and oxygen atoms in total. The SMILES string of the molecule is Cn1cc(C(NS(=O)(=O)c2cc(Br)cc([N+](=O)[O-])c2)C(F)(F)F)cn1. The quantitative estimate of drug-likeness (QED) is 0.565. The summed E-state index contributed by atoms with van der Waals surface area (Å²) in [5, 5.41) is 14.4. The molecule has 0 radical (unpaired) electrons. The van der Waals surface area contributed by atoms with Crippen LogP contribution in [-0.2, 0) is 17.1 Å². The number of rotatable bonds is 5. The lowest BCUT2D eigenvalue weighted by molar-refractivity contribution is -0.385. The number of sulfonamides is 1. The molecule has 0 saturated carbocycles. The maximum absolute atomic E-state index is 13.3. The minimum Gasteiger partial charge on any atom is -0.275 e. The van der Waals surface area contributed by atoms with Crippen molar-refractivity contribution in [3.63, 3.8) is 0 Å². The highest BCUT2D eigenvalue weighted by Gasteiger charge is 2.44. The lowest BCUT2D eigenvalue weighted by Crippen LogP contribution is -2.38. The lowest BCUT2D eigenvalue weighted by atomic mass is 10.2. The fourth-order valence-electron chi connectivity index (χ4n) is 1.94. The van der Waals surface area contributed by atoms with Crippen molar-refractivity contribution in [2.75, 3.05) is 0 Å². The molecular weight excluding hydrogens is 433 g/mol. The Kier molecular flexibility index (Phi) is 5.20. The van der Waals surface area contributed by atoms with E-state index in [0.717, 1.165) is 29.2 Å². The molecule has 0 aliphatic rings. The predicted octanol–water partition coefficient (Wildman–Crippen LogP) is 2.67. The number of non-ortho nitro benzene ring substituents is 1. The number of aromatic nitrogens is 2. The molecule has 2 aromatic rings. The molecule has 0 spiro atoms. The van der Waals surface area contributed by atoms with Gasteiger partial charge in [0.05, 0.1) is 16.0 Å². The van der Waals surface area contributed by atoms with Gasteiger partial charge in [0.1, 0.15) is 6.04 Å². The third kappa shape index (κ3) is 4.55. The van der Waals surface area contributed by atoms with Gasteiger partial charge in [-0.1, -0.05) is 15.9 Å². The summed E-state index contributed by atoms with van der Waals surface area (Å²) in [6.45, 7) is 0. The van der Waals surface area contributed by atoms with Crippen molar-refractivity contribution in [3.05, 3.63) is 50.7 Å². The van der Waals surface area contributed by atoms with Gasteiger partial charge in [-0.25, -0.2) is 8.42 Å². The molecule has 13 heteroatoms. The van der Waals surface area contributed by atoms with E-state index in [9.17, 15) is 31.7 Å². The summed E-state index contributed by atoms with van der Waals surface area (Å²) in [7, 11) is -3.32. The number of hydrogen-bond donors (Lipinski definition) is 1. The van der Waals surface area contributed by atoms with Gasteiger partial charge >= 0.3 is 6.18 Å². The summed E-state index contributed by atoms with van der Waals surface area (Å²) in [4.78, 5) is 9.29. The second kappa shape index (κ2) is 6.72. The van der Waals surface area contributed by atoms with Crippen LogP contribution in [0.3, 0.4) is 0 Å². The second-order valence-corrected chi connectivity index (χ2v) is 7.58. The highest BCUT2D eigenvalue weighted by atomic mass is 79.9. The van der Waals surface area contributed by atoms with E-state index in [1.807, 2.05) is 0 Å². The number of nitrogens with one attached hydrogen (secondary N) is 1. The van der Waals surface area contributed by atoms with E-state index in [4.69, 9.17) is 0 Å². The number of nitro benzene ring substituents is 1. The first-order chi connectivity index (χ1) is 11.4. The van der Waals surface area contributed by atoms with Gasteiger partial charge in [-0.2, -0.15) is 23.0 Å². The van der Waals surface area contributed by atoms with Crippen molar-refractivity contribution in [1.29, 1.82) is 0 Å². The lowest BCUT2D eigenvalue weighted by Gasteiger charge is -2.20. The van der Waals surface area contributed by atoms with Gasteiger partial charge in [-0.15, -0.1) is 0 Å². The molecule has 0 saturated heterocycles. The summed E-state index contributed by atoms with van der Waals surface area (Å²) in [5.41, 5.74) is -0.997. The Bertz CT molecular complexity index is 913. The number of nitrogens with zero attached hydrogens (tertiary/aromatic N) is 3. The van der Waals surface area contributed by atoms with Crippen LogP contribution in [0.15, 0.2) is 40.0 Å². The number of nitro groups is 1. The Morgan fingerprint density at radius 1 is 1.36 bits per heavy atom. The van der Waals surface area contributed by atoms with Crippen molar-refractivity contribution in [1.82, 2.24) is 14.5 Å². The fraction of sp³-hybridized carbons (Fsp3) is 0.250. The Labute approximate surface area is 148 Å². The van der Waals surface area contributed by atoms with Gasteiger partial charge in [0.2, 0.25) is 10.0 Å². The van der Waals surface area contributed by atoms with Crippen LogP contribution < -0.4 is 4.72 Å². The van der Waals surface area contributed by atoms with Gasteiger partial charge in [0.25, 0.3) is 5.69 Å². The van der Waals surface area contributed by atoms with Crippen LogP contribution in [0.2, 0.25) is 0 Å². The fourth-order valence-corrected chi connectivity index (χ4v) is 3.85. The normalized spacial score (nSPS) is 13.6. The minimum absolute atomic E-state index is 0.0343. The summed E-state index contributed by atoms with van der Waals surface area (Å²) in [6.07, 6.45) is -3.04. The first-order valence-electron chi connectivity index (χ1n) is 6.43. The second-order valence-electron chi connectivity index (χ2n) is 4.95. The highest BCUT2D eigenvalue weighted by molar-refractivity contribution is 9.10. The number of benzene rings is 1. The Morgan fingerprint density at radius 3 is 2.48 bits per heavy atom. The monoisotopic (exact) mass is 442 g/mol. The molecule has 1 aromatic carbocycles. The third-order valence-electron chi connectivity index (χ3n) is 3.04. The first-order valence-corrected chi connectivity index (χ1v) is 8.70. The summed E-state index contributed by atoms with van der Waals surface area (Å²) >= 11 is 2.90. The van der Waals surface area contributed by atoms with E-state index in [1.54, 1.807) is 0 Å². The van der Waals surface area contributed by atoms with Crippen LogP contribution in [0.5, 0.6) is 0 Å². The van der Waals surface area contributed by atoms with E-state index >= 15 is 0 Å². The molecule has 1 aromatic heterocycles. The van der Waals surface area contributed by atoms with E-state index in [0.29, 0.717) is 6.07 Å². The van der Waals surface area contributed by atoms with Crippen LogP contribution in [-0.4, -0.2) is 29.3 Å². The zero-order chi connectivity index (χ0) is 19.0. The molecule has 0 aliphatic carbocycles. The Morgan fingerprint density at radius 2 is 2.00 bits per heavy atom. The Balaban J connectivity index is 2.46. The van der Waals surface area contributed by atoms with Crippen LogP contribution in [0, 0.1) is 10.1 Å². The molecular formula is C12H10BrF3N4O4S. The highest BCUT2D eigenvalue weighted by Crippen LogP contribution is 2.34. The topological polar surface area (TPSA) is 107 Å². The van der Waals surface area contributed by atoms with Crippen molar-refractivity contribution in [3.8, 4) is 0 Å². The number of alkyl halides is 3. The van der Waals surface area contributed by atoms with Crippen LogP contribution in [0.25, 0.3) is 0 Å². The van der Waals surface area contributed by atoms with Crippen LogP contribution in [0.4, 0.5) is 18.9 Å². The van der Waals surface area contributed by atoms with Gasteiger partial charge in [-0.3, -0.25) is 14.8 Å². The smallest absolute Gasteiger partial charge is 0.275 e. The van der Waals surface area contributed by atoms with Gasteiger partial charge in [0.15, 0.2) is 0 Å². The summed E-state index contributed by atoms with van der Waals surface area (Å²) in [5.74, 6) is 0. The molecule has 1 atom stereocenters. The predicted molar refractivity (Wildman–Crippen MR) is 83.1 cm³/mol.